The van der Waals surface area contributed by atoms with Crippen LogP contribution in [0.25, 0.3) is 0 Å². The van der Waals surface area contributed by atoms with Gasteiger partial charge in [-0.3, -0.25) is 9.59 Å². The molecule has 3 fully saturated rings. The molecule has 0 amide bonds. The van der Waals surface area contributed by atoms with Crippen LogP contribution < -0.4 is 0 Å². The topological polar surface area (TPSA) is 66.8 Å². The molecule has 0 aromatic heterocycles. The molecule has 36 heavy (non-hydrogen) atoms. The monoisotopic (exact) mass is 495 g/mol. The van der Waals surface area contributed by atoms with Gasteiger partial charge in [0, 0.05) is 29.7 Å². The zero-order chi connectivity index (χ0) is 26.5. The summed E-state index contributed by atoms with van der Waals surface area (Å²) in [7, 11) is 4.07. The van der Waals surface area contributed by atoms with E-state index in [9.17, 15) is 14.7 Å². The SMILES string of the molecule is C=C[C@]1(C)C[C@@H](OC(=O)Cc2ccc(CN(C)C)cc2)[C@]2(C)C(C)CCC3(CCC(=O)C32)[C@@H](C)[C@@H]1O. The molecule has 198 valence electrons. The Labute approximate surface area is 217 Å². The fourth-order valence-electron chi connectivity index (χ4n) is 8.00. The van der Waals surface area contributed by atoms with Crippen molar-refractivity contribution in [2.24, 2.45) is 34.0 Å². The number of Topliss-reactive ketones (excluding diaryl/α,β-unsaturated/α-hetero) is 1. The van der Waals surface area contributed by atoms with Crippen LogP contribution in [0.2, 0.25) is 0 Å². The standard InChI is InChI=1S/C31H45NO4/c1-8-29(4)18-25(36-26(34)17-22-9-11-23(12-10-22)19-32(6)7)30(5)20(2)13-15-31(21(3)28(29)35)16-14-24(33)27(30)31/h8-12,20-21,25,27-28,35H,1,13-19H2,2-7H3/t20?,21-,25+,27?,28-,29+,30-,31?/m0/s1. The molecule has 0 heterocycles. The van der Waals surface area contributed by atoms with Gasteiger partial charge >= 0.3 is 5.97 Å². The quantitative estimate of drug-likeness (QED) is 0.434. The van der Waals surface area contributed by atoms with Crippen LogP contribution in [-0.2, 0) is 27.3 Å². The number of nitrogens with zero attached hydrogens (tertiary/aromatic N) is 1. The van der Waals surface area contributed by atoms with E-state index < -0.39 is 23.0 Å². The highest BCUT2D eigenvalue weighted by Crippen LogP contribution is 2.68. The molecule has 3 aliphatic rings. The van der Waals surface area contributed by atoms with E-state index in [1.54, 1.807) is 0 Å². The van der Waals surface area contributed by atoms with Crippen LogP contribution in [-0.4, -0.2) is 48.1 Å². The Hall–Kier alpha value is -1.98. The van der Waals surface area contributed by atoms with Crippen LogP contribution >= 0.6 is 0 Å². The predicted octanol–water partition coefficient (Wildman–Crippen LogP) is 5.20. The summed E-state index contributed by atoms with van der Waals surface area (Å²) in [6.45, 7) is 13.5. The molecule has 2 bridgehead atoms. The maximum Gasteiger partial charge on any atom is 0.310 e. The number of carbonyl (C=O) groups is 2. The van der Waals surface area contributed by atoms with Crippen molar-refractivity contribution in [1.82, 2.24) is 4.90 Å². The zero-order valence-electron chi connectivity index (χ0n) is 23.0. The number of ketones is 1. The molecule has 1 N–H and O–H groups in total. The maximum atomic E-state index is 13.5. The van der Waals surface area contributed by atoms with Crippen LogP contribution in [0.1, 0.15) is 70.9 Å². The van der Waals surface area contributed by atoms with E-state index >= 15 is 0 Å². The van der Waals surface area contributed by atoms with Gasteiger partial charge in [0.1, 0.15) is 11.9 Å². The number of esters is 1. The lowest BCUT2D eigenvalue weighted by Crippen LogP contribution is -2.63. The van der Waals surface area contributed by atoms with Crippen molar-refractivity contribution in [3.8, 4) is 0 Å². The molecule has 3 saturated carbocycles. The molecule has 3 unspecified atom stereocenters. The Balaban J connectivity index is 1.67. The first-order chi connectivity index (χ1) is 16.9. The summed E-state index contributed by atoms with van der Waals surface area (Å²) in [6, 6.07) is 8.10. The van der Waals surface area contributed by atoms with E-state index in [1.807, 2.05) is 39.2 Å². The fraction of sp³-hybridized carbons (Fsp3) is 0.677. The van der Waals surface area contributed by atoms with E-state index in [0.717, 1.165) is 31.4 Å². The van der Waals surface area contributed by atoms with E-state index in [0.29, 0.717) is 12.8 Å². The van der Waals surface area contributed by atoms with Gasteiger partial charge in [0.15, 0.2) is 0 Å². The van der Waals surface area contributed by atoms with Gasteiger partial charge in [-0.1, -0.05) is 58.0 Å². The first-order valence-electron chi connectivity index (χ1n) is 13.6. The third-order valence-electron chi connectivity index (χ3n) is 10.4. The summed E-state index contributed by atoms with van der Waals surface area (Å²) < 4.78 is 6.36. The predicted molar refractivity (Wildman–Crippen MR) is 142 cm³/mol. The zero-order valence-corrected chi connectivity index (χ0v) is 23.0. The number of carbonyl (C=O) groups excluding carboxylic acids is 2. The Morgan fingerprint density at radius 3 is 2.42 bits per heavy atom. The third kappa shape index (κ3) is 4.36. The van der Waals surface area contributed by atoms with Crippen molar-refractivity contribution in [2.75, 3.05) is 14.1 Å². The third-order valence-corrected chi connectivity index (χ3v) is 10.4. The van der Waals surface area contributed by atoms with Gasteiger partial charge < -0.3 is 14.7 Å². The van der Waals surface area contributed by atoms with Gasteiger partial charge in [-0.05, 0) is 68.2 Å². The van der Waals surface area contributed by atoms with Crippen molar-refractivity contribution >= 4 is 11.8 Å². The number of hydrogen-bond donors (Lipinski definition) is 1. The van der Waals surface area contributed by atoms with Gasteiger partial charge in [-0.25, -0.2) is 0 Å². The van der Waals surface area contributed by atoms with Gasteiger partial charge in [0.25, 0.3) is 0 Å². The number of aliphatic hydroxyl groups is 1. The van der Waals surface area contributed by atoms with Gasteiger partial charge in [0.05, 0.1) is 12.5 Å². The van der Waals surface area contributed by atoms with E-state index in [1.165, 1.54) is 5.56 Å². The summed E-state index contributed by atoms with van der Waals surface area (Å²) in [5.74, 6) is 0.0158. The number of benzene rings is 1. The molecule has 4 rings (SSSR count). The van der Waals surface area contributed by atoms with Gasteiger partial charge in [0.2, 0.25) is 0 Å². The fourth-order valence-corrected chi connectivity index (χ4v) is 8.00. The molecular weight excluding hydrogens is 450 g/mol. The molecular formula is C31H45NO4. The van der Waals surface area contributed by atoms with Crippen LogP contribution in [0.15, 0.2) is 36.9 Å². The highest BCUT2D eigenvalue weighted by atomic mass is 16.5. The van der Waals surface area contributed by atoms with Crippen molar-refractivity contribution in [1.29, 1.82) is 0 Å². The summed E-state index contributed by atoms with van der Waals surface area (Å²) >= 11 is 0. The molecule has 0 saturated heterocycles. The number of rotatable bonds is 6. The lowest BCUT2D eigenvalue weighted by molar-refractivity contribution is -0.206. The summed E-state index contributed by atoms with van der Waals surface area (Å²) in [5, 5.41) is 11.6. The summed E-state index contributed by atoms with van der Waals surface area (Å²) in [6.07, 6.45) is 4.66. The molecule has 8 atom stereocenters. The van der Waals surface area contributed by atoms with Crippen LogP contribution in [0.3, 0.4) is 0 Å². The molecule has 5 nitrogen and oxygen atoms in total. The summed E-state index contributed by atoms with van der Waals surface area (Å²) in [5.41, 5.74) is 0.772. The second kappa shape index (κ2) is 9.72. The van der Waals surface area contributed by atoms with Crippen LogP contribution in [0, 0.1) is 34.0 Å². The minimum absolute atomic E-state index is 0.0268. The smallest absolute Gasteiger partial charge is 0.310 e. The van der Waals surface area contributed by atoms with E-state index in [4.69, 9.17) is 4.74 Å². The minimum Gasteiger partial charge on any atom is -0.461 e. The minimum atomic E-state index is -0.646. The Morgan fingerprint density at radius 2 is 1.81 bits per heavy atom. The van der Waals surface area contributed by atoms with E-state index in [-0.39, 0.29) is 41.3 Å². The Kier molecular flexibility index (Phi) is 7.31. The van der Waals surface area contributed by atoms with Crippen LogP contribution in [0.4, 0.5) is 0 Å². The van der Waals surface area contributed by atoms with Crippen molar-refractivity contribution in [3.05, 3.63) is 48.0 Å². The average molecular weight is 496 g/mol. The lowest BCUT2D eigenvalue weighted by atomic mass is 9.44. The molecule has 0 spiro atoms. The molecule has 0 radical (unpaired) electrons. The highest BCUT2D eigenvalue weighted by Gasteiger charge is 2.68. The van der Waals surface area contributed by atoms with E-state index in [2.05, 4.69) is 44.4 Å². The van der Waals surface area contributed by atoms with Gasteiger partial charge in [-0.2, -0.15) is 0 Å². The largest absolute Gasteiger partial charge is 0.461 e. The lowest BCUT2D eigenvalue weighted by Gasteiger charge is -2.61. The van der Waals surface area contributed by atoms with Crippen LogP contribution in [0.5, 0.6) is 0 Å². The first kappa shape index (κ1) is 27.1. The molecule has 0 aliphatic heterocycles. The molecule has 1 aromatic carbocycles. The summed E-state index contributed by atoms with van der Waals surface area (Å²) in [4.78, 5) is 29.0. The number of hydrogen-bond acceptors (Lipinski definition) is 5. The molecule has 3 aliphatic carbocycles. The average Bonchev–Trinajstić information content (AvgIpc) is 3.18. The van der Waals surface area contributed by atoms with Crippen molar-refractivity contribution in [2.45, 2.75) is 85.0 Å². The Morgan fingerprint density at radius 1 is 1.17 bits per heavy atom. The first-order valence-corrected chi connectivity index (χ1v) is 13.6. The Bertz CT molecular complexity index is 1000. The van der Waals surface area contributed by atoms with Crippen molar-refractivity contribution < 1.29 is 19.4 Å². The van der Waals surface area contributed by atoms with Crippen molar-refractivity contribution in [3.63, 3.8) is 0 Å². The molecule has 5 heteroatoms. The maximum absolute atomic E-state index is 13.5. The van der Waals surface area contributed by atoms with Gasteiger partial charge in [-0.15, -0.1) is 6.58 Å². The molecule has 1 aromatic rings. The number of aliphatic hydroxyl groups excluding tert-OH is 1. The highest BCUT2D eigenvalue weighted by molar-refractivity contribution is 5.85. The second-order valence-electron chi connectivity index (χ2n) is 12.8. The number of ether oxygens (including phenoxy) is 1. The second-order valence-corrected chi connectivity index (χ2v) is 12.8. The normalized spacial score (nSPS) is 40.3.